The summed E-state index contributed by atoms with van der Waals surface area (Å²) in [7, 11) is 0. The number of imidazole rings is 1. The van der Waals surface area contributed by atoms with Gasteiger partial charge in [-0.2, -0.15) is 0 Å². The van der Waals surface area contributed by atoms with E-state index in [1.54, 1.807) is 22.4 Å². The fourth-order valence-electron chi connectivity index (χ4n) is 5.08. The van der Waals surface area contributed by atoms with Gasteiger partial charge in [0.1, 0.15) is 17.4 Å². The van der Waals surface area contributed by atoms with Crippen LogP contribution in [-0.2, 0) is 29.0 Å². The molecule has 3 aromatic rings. The summed E-state index contributed by atoms with van der Waals surface area (Å²) in [5, 5.41) is 12.0. The van der Waals surface area contributed by atoms with E-state index in [9.17, 15) is 19.1 Å². The second kappa shape index (κ2) is 12.8. The van der Waals surface area contributed by atoms with Crippen LogP contribution in [0.5, 0.6) is 0 Å². The number of thiazole rings is 1. The number of carbonyl (C=O) groups excluding carboxylic acids is 1. The van der Waals surface area contributed by atoms with Crippen molar-refractivity contribution in [2.75, 3.05) is 26.2 Å². The largest absolute Gasteiger partial charge is 0.477 e. The van der Waals surface area contributed by atoms with Crippen molar-refractivity contribution >= 4 is 46.3 Å². The van der Waals surface area contributed by atoms with Gasteiger partial charge in [0.2, 0.25) is 0 Å². The summed E-state index contributed by atoms with van der Waals surface area (Å²) in [4.78, 5) is 42.5. The Morgan fingerprint density at radius 1 is 1.33 bits per heavy atom. The highest BCUT2D eigenvalue weighted by Gasteiger charge is 2.31. The van der Waals surface area contributed by atoms with Gasteiger partial charge in [0.15, 0.2) is 10.8 Å². The Balaban J connectivity index is 1.26. The van der Waals surface area contributed by atoms with Gasteiger partial charge >= 0.3 is 5.97 Å². The van der Waals surface area contributed by atoms with E-state index in [0.717, 1.165) is 12.2 Å². The molecule has 2 aliphatic rings. The standard InChI is InChI=1S/C29H32ClFN6O4S/c1-4-24(29(39)40)34-26-18(3)32-25(37(26)14-22-7-10-41-22)15-35-8-9-36(13-17(35)2)28(38)27-33-21(16-42-27)11-19-5-6-20(30)12-23(19)31/h4-6,12,16-17,22H,1,7-11,13-15H2,2-3H3,(H,39,40)/b34-24+/t17-,22-/m0/s1. The van der Waals surface area contributed by atoms with Gasteiger partial charge in [0.25, 0.3) is 5.91 Å². The van der Waals surface area contributed by atoms with E-state index in [2.05, 4.69) is 28.4 Å². The van der Waals surface area contributed by atoms with Gasteiger partial charge in [-0.25, -0.2) is 24.1 Å². The van der Waals surface area contributed by atoms with Crippen LogP contribution in [0, 0.1) is 12.7 Å². The number of amides is 1. The molecule has 4 heterocycles. The van der Waals surface area contributed by atoms with Gasteiger partial charge in [0, 0.05) is 49.1 Å². The Hall–Kier alpha value is -3.45. The number of rotatable bonds is 10. The minimum Gasteiger partial charge on any atom is -0.477 e. The summed E-state index contributed by atoms with van der Waals surface area (Å²) in [6.45, 7) is 10.8. The highest BCUT2D eigenvalue weighted by molar-refractivity contribution is 7.11. The molecule has 0 radical (unpaired) electrons. The number of hydrogen-bond donors (Lipinski definition) is 1. The lowest BCUT2D eigenvalue weighted by Crippen LogP contribution is -2.53. The molecule has 1 N–H and O–H groups in total. The molecule has 222 valence electrons. The molecule has 42 heavy (non-hydrogen) atoms. The van der Waals surface area contributed by atoms with Crippen molar-refractivity contribution in [2.24, 2.45) is 4.99 Å². The molecule has 2 atom stereocenters. The van der Waals surface area contributed by atoms with Crippen molar-refractivity contribution < 1.29 is 23.8 Å². The zero-order valence-electron chi connectivity index (χ0n) is 23.4. The van der Waals surface area contributed by atoms with E-state index < -0.39 is 11.8 Å². The molecule has 0 bridgehead atoms. The van der Waals surface area contributed by atoms with Crippen LogP contribution in [0.4, 0.5) is 10.2 Å². The van der Waals surface area contributed by atoms with Gasteiger partial charge in [-0.1, -0.05) is 24.2 Å². The number of ether oxygens (including phenoxy) is 1. The number of piperazine rings is 1. The van der Waals surface area contributed by atoms with E-state index in [1.165, 1.54) is 23.5 Å². The Bertz CT molecular complexity index is 1530. The van der Waals surface area contributed by atoms with E-state index in [-0.39, 0.29) is 30.2 Å². The molecule has 1 amide bonds. The predicted molar refractivity (Wildman–Crippen MR) is 158 cm³/mol. The Kier molecular flexibility index (Phi) is 9.16. The molecule has 0 aliphatic carbocycles. The van der Waals surface area contributed by atoms with Crippen molar-refractivity contribution in [3.05, 3.63) is 74.9 Å². The van der Waals surface area contributed by atoms with Crippen molar-refractivity contribution in [1.29, 1.82) is 0 Å². The van der Waals surface area contributed by atoms with E-state index in [0.29, 0.717) is 72.1 Å². The number of carboxylic acid groups (broad SMARTS) is 1. The second-order valence-corrected chi connectivity index (χ2v) is 11.8. The molecule has 5 rings (SSSR count). The molecule has 1 aromatic carbocycles. The van der Waals surface area contributed by atoms with Crippen molar-refractivity contribution in [2.45, 2.75) is 51.9 Å². The third-order valence-corrected chi connectivity index (χ3v) is 8.64. The zero-order chi connectivity index (χ0) is 30.0. The maximum Gasteiger partial charge on any atom is 0.354 e. The van der Waals surface area contributed by atoms with Crippen LogP contribution in [0.15, 0.2) is 41.2 Å². The molecule has 2 aliphatic heterocycles. The molecule has 0 spiro atoms. The number of aliphatic imine (C=N–C) groups is 1. The number of aliphatic carboxylic acids is 1. The van der Waals surface area contributed by atoms with Gasteiger partial charge in [-0.15, -0.1) is 11.3 Å². The molecule has 13 heteroatoms. The lowest BCUT2D eigenvalue weighted by atomic mass is 10.1. The maximum absolute atomic E-state index is 14.2. The number of nitrogens with zero attached hydrogens (tertiary/aromatic N) is 6. The predicted octanol–water partition coefficient (Wildman–Crippen LogP) is 4.51. The first-order valence-electron chi connectivity index (χ1n) is 13.7. The van der Waals surface area contributed by atoms with Crippen LogP contribution in [-0.4, -0.2) is 85.4 Å². The summed E-state index contributed by atoms with van der Waals surface area (Å²) < 4.78 is 21.8. The number of benzene rings is 1. The number of aryl methyl sites for hydroxylation is 1. The minimum atomic E-state index is -1.16. The Labute approximate surface area is 252 Å². The van der Waals surface area contributed by atoms with Gasteiger partial charge in [-0.05, 0) is 44.0 Å². The molecular weight excluding hydrogens is 583 g/mol. The first-order valence-corrected chi connectivity index (χ1v) is 14.9. The molecule has 10 nitrogen and oxygen atoms in total. The quantitative estimate of drug-likeness (QED) is 0.334. The fraction of sp³-hybridized carbons (Fsp3) is 0.414. The van der Waals surface area contributed by atoms with Crippen LogP contribution in [0.3, 0.4) is 0 Å². The normalized spacial score (nSPS) is 19.5. The average Bonchev–Trinajstić information content (AvgIpc) is 3.50. The van der Waals surface area contributed by atoms with Gasteiger partial charge < -0.3 is 19.3 Å². The van der Waals surface area contributed by atoms with Crippen LogP contribution in [0.1, 0.15) is 45.9 Å². The first-order chi connectivity index (χ1) is 20.1. The smallest absolute Gasteiger partial charge is 0.354 e. The van der Waals surface area contributed by atoms with Crippen LogP contribution >= 0.6 is 22.9 Å². The number of carbonyl (C=O) groups is 2. The van der Waals surface area contributed by atoms with E-state index in [4.69, 9.17) is 21.3 Å². The monoisotopic (exact) mass is 614 g/mol. The van der Waals surface area contributed by atoms with Crippen molar-refractivity contribution in [1.82, 2.24) is 24.3 Å². The lowest BCUT2D eigenvalue weighted by Gasteiger charge is -2.39. The lowest BCUT2D eigenvalue weighted by molar-refractivity contribution is -0.129. The SMILES string of the molecule is C=C/C(=N\c1c(C)nc(CN2CCN(C(=O)c3nc(Cc4ccc(Cl)cc4F)cs3)C[C@@H]2C)n1C[C@@H]1CCO1)C(=O)O. The summed E-state index contributed by atoms with van der Waals surface area (Å²) in [6, 6.07) is 4.57. The summed E-state index contributed by atoms with van der Waals surface area (Å²) >= 11 is 7.11. The highest BCUT2D eigenvalue weighted by Crippen LogP contribution is 2.27. The molecule has 2 fully saturated rings. The van der Waals surface area contributed by atoms with Crippen LogP contribution < -0.4 is 0 Å². The summed E-state index contributed by atoms with van der Waals surface area (Å²) in [5.41, 5.74) is 1.59. The fourth-order valence-corrected chi connectivity index (χ4v) is 6.02. The number of carboxylic acids is 1. The number of halogens is 2. The molecular formula is C29H32ClFN6O4S. The van der Waals surface area contributed by atoms with Crippen LogP contribution in [0.2, 0.25) is 5.02 Å². The molecule has 0 saturated carbocycles. The zero-order valence-corrected chi connectivity index (χ0v) is 25.0. The maximum atomic E-state index is 14.2. The average molecular weight is 615 g/mol. The van der Waals surface area contributed by atoms with Gasteiger partial charge in [0.05, 0.1) is 30.6 Å². The Morgan fingerprint density at radius 3 is 2.76 bits per heavy atom. The first kappa shape index (κ1) is 30.0. The Morgan fingerprint density at radius 2 is 2.12 bits per heavy atom. The number of hydrogen-bond acceptors (Lipinski definition) is 8. The molecule has 2 saturated heterocycles. The highest BCUT2D eigenvalue weighted by atomic mass is 35.5. The molecule has 2 aromatic heterocycles. The molecule has 0 unspecified atom stereocenters. The second-order valence-electron chi connectivity index (χ2n) is 10.5. The van der Waals surface area contributed by atoms with Gasteiger partial charge in [-0.3, -0.25) is 9.69 Å². The van der Waals surface area contributed by atoms with Crippen LogP contribution in [0.25, 0.3) is 0 Å². The topological polar surface area (TPSA) is 113 Å². The van der Waals surface area contributed by atoms with E-state index in [1.807, 2.05) is 11.5 Å². The third-order valence-electron chi connectivity index (χ3n) is 7.52. The van der Waals surface area contributed by atoms with Crippen molar-refractivity contribution in [3.8, 4) is 0 Å². The van der Waals surface area contributed by atoms with E-state index >= 15 is 0 Å². The number of aromatic nitrogens is 3. The minimum absolute atomic E-state index is 0.0228. The third kappa shape index (κ3) is 6.62. The summed E-state index contributed by atoms with van der Waals surface area (Å²) in [5.74, 6) is -0.446. The van der Waals surface area contributed by atoms with Crippen molar-refractivity contribution in [3.63, 3.8) is 0 Å². The summed E-state index contributed by atoms with van der Waals surface area (Å²) in [6.07, 6.45) is 2.44.